The minimum Gasteiger partial charge on any atom is -0.497 e. The summed E-state index contributed by atoms with van der Waals surface area (Å²) in [6.07, 6.45) is 0.876. The topological polar surface area (TPSA) is 73.9 Å². The molecule has 0 bridgehead atoms. The molecule has 0 spiro atoms. The Morgan fingerprint density at radius 3 is 1.97 bits per heavy atom. The fourth-order valence-corrected chi connectivity index (χ4v) is 2.98. The Balaban J connectivity index is 1.56. The first kappa shape index (κ1) is 21.9. The fourth-order valence-electron chi connectivity index (χ4n) is 2.98. The lowest BCUT2D eigenvalue weighted by Gasteiger charge is -2.11. The van der Waals surface area contributed by atoms with Crippen molar-refractivity contribution < 1.29 is 23.8 Å². The zero-order valence-electron chi connectivity index (χ0n) is 17.6. The van der Waals surface area contributed by atoms with Gasteiger partial charge in [0.15, 0.2) is 0 Å². The molecule has 0 aromatic heterocycles. The van der Waals surface area contributed by atoms with Gasteiger partial charge in [-0.15, -0.1) is 0 Å². The maximum absolute atomic E-state index is 12.6. The number of carbonyl (C=O) groups is 2. The molecular weight excluding hydrogens is 394 g/mol. The molecule has 0 aliphatic heterocycles. The number of hydrogen-bond acceptors (Lipinski definition) is 5. The third kappa shape index (κ3) is 6.34. The molecule has 0 unspecified atom stereocenters. The summed E-state index contributed by atoms with van der Waals surface area (Å²) in [4.78, 5) is 25.0. The number of ether oxygens (including phenoxy) is 3. The molecule has 0 atom stereocenters. The molecule has 31 heavy (non-hydrogen) atoms. The molecule has 0 saturated carbocycles. The van der Waals surface area contributed by atoms with Crippen LogP contribution in [0.3, 0.4) is 0 Å². The van der Waals surface area contributed by atoms with E-state index in [9.17, 15) is 9.59 Å². The van der Waals surface area contributed by atoms with Crippen LogP contribution >= 0.6 is 0 Å². The van der Waals surface area contributed by atoms with Gasteiger partial charge >= 0.3 is 5.97 Å². The lowest BCUT2D eigenvalue weighted by Crippen LogP contribution is -2.16. The smallest absolute Gasteiger partial charge is 0.340 e. The van der Waals surface area contributed by atoms with Gasteiger partial charge in [-0.05, 0) is 53.9 Å². The number of para-hydroxylation sites is 1. The monoisotopic (exact) mass is 419 g/mol. The van der Waals surface area contributed by atoms with Crippen LogP contribution in [0.25, 0.3) is 0 Å². The highest BCUT2D eigenvalue weighted by atomic mass is 16.5. The Hall–Kier alpha value is -3.80. The van der Waals surface area contributed by atoms with Crippen LogP contribution < -0.4 is 14.8 Å². The average molecular weight is 419 g/mol. The third-order valence-corrected chi connectivity index (χ3v) is 4.75. The molecule has 160 valence electrons. The highest BCUT2D eigenvalue weighted by Gasteiger charge is 2.15. The van der Waals surface area contributed by atoms with Crippen molar-refractivity contribution >= 4 is 17.6 Å². The number of benzene rings is 3. The van der Waals surface area contributed by atoms with Gasteiger partial charge in [0.2, 0.25) is 5.91 Å². The Kier molecular flexibility index (Phi) is 7.65. The highest BCUT2D eigenvalue weighted by Crippen LogP contribution is 2.19. The van der Waals surface area contributed by atoms with Crippen LogP contribution in [0.5, 0.6) is 11.5 Å². The number of methoxy groups -OCH3 is 2. The Labute approximate surface area is 181 Å². The van der Waals surface area contributed by atoms with Crippen molar-refractivity contribution in [1.82, 2.24) is 0 Å². The Morgan fingerprint density at radius 1 is 0.774 bits per heavy atom. The molecule has 0 saturated heterocycles. The van der Waals surface area contributed by atoms with E-state index < -0.39 is 5.97 Å². The van der Waals surface area contributed by atoms with E-state index in [2.05, 4.69) is 5.32 Å². The summed E-state index contributed by atoms with van der Waals surface area (Å²) in [5.41, 5.74) is 2.62. The van der Waals surface area contributed by atoms with Crippen LogP contribution in [0.4, 0.5) is 5.69 Å². The third-order valence-electron chi connectivity index (χ3n) is 4.75. The van der Waals surface area contributed by atoms with Gasteiger partial charge in [-0.2, -0.15) is 0 Å². The van der Waals surface area contributed by atoms with Crippen molar-refractivity contribution in [3.63, 3.8) is 0 Å². The maximum atomic E-state index is 12.6. The first-order chi connectivity index (χ1) is 15.1. The molecule has 3 aromatic carbocycles. The van der Waals surface area contributed by atoms with Gasteiger partial charge in [-0.1, -0.05) is 36.4 Å². The van der Waals surface area contributed by atoms with Gasteiger partial charge in [-0.25, -0.2) is 4.79 Å². The number of hydrogen-bond donors (Lipinski definition) is 1. The number of amides is 1. The van der Waals surface area contributed by atoms with Gasteiger partial charge in [0.1, 0.15) is 18.1 Å². The highest BCUT2D eigenvalue weighted by molar-refractivity contribution is 6.01. The summed E-state index contributed by atoms with van der Waals surface area (Å²) < 4.78 is 15.7. The quantitative estimate of drug-likeness (QED) is 0.512. The normalized spacial score (nSPS) is 10.3. The van der Waals surface area contributed by atoms with Crippen LogP contribution in [0.1, 0.15) is 27.9 Å². The van der Waals surface area contributed by atoms with Crippen LogP contribution in [0.15, 0.2) is 72.8 Å². The van der Waals surface area contributed by atoms with E-state index in [1.165, 1.54) is 0 Å². The molecule has 0 fully saturated rings. The molecule has 0 heterocycles. The van der Waals surface area contributed by atoms with Crippen LogP contribution in [-0.2, 0) is 22.6 Å². The minimum absolute atomic E-state index is 0.128. The van der Waals surface area contributed by atoms with E-state index in [4.69, 9.17) is 14.2 Å². The zero-order valence-corrected chi connectivity index (χ0v) is 17.6. The van der Waals surface area contributed by atoms with E-state index in [0.29, 0.717) is 24.1 Å². The number of rotatable bonds is 9. The van der Waals surface area contributed by atoms with Crippen molar-refractivity contribution in [2.24, 2.45) is 0 Å². The standard InChI is InChI=1S/C25H25NO5/c1-29-20-12-7-18(8-13-20)11-16-24(27)26-23-6-4-3-5-22(23)25(28)31-17-19-9-14-21(30-2)15-10-19/h3-10,12-15H,11,16-17H2,1-2H3,(H,26,27). The molecule has 0 aliphatic carbocycles. The van der Waals surface area contributed by atoms with E-state index in [-0.39, 0.29) is 12.5 Å². The number of aryl methyl sites for hydroxylation is 1. The maximum Gasteiger partial charge on any atom is 0.340 e. The largest absolute Gasteiger partial charge is 0.497 e. The van der Waals surface area contributed by atoms with Gasteiger partial charge in [0.25, 0.3) is 0 Å². The number of nitrogens with one attached hydrogen (secondary N) is 1. The number of esters is 1. The molecule has 3 aromatic rings. The van der Waals surface area contributed by atoms with E-state index in [0.717, 1.165) is 22.6 Å². The van der Waals surface area contributed by atoms with Crippen molar-refractivity contribution in [2.45, 2.75) is 19.4 Å². The first-order valence-electron chi connectivity index (χ1n) is 9.91. The zero-order chi connectivity index (χ0) is 22.1. The van der Waals surface area contributed by atoms with Gasteiger partial charge in [-0.3, -0.25) is 4.79 Å². The molecular formula is C25H25NO5. The van der Waals surface area contributed by atoms with E-state index in [1.807, 2.05) is 36.4 Å². The SMILES string of the molecule is COc1ccc(CCC(=O)Nc2ccccc2C(=O)OCc2ccc(OC)cc2)cc1. The molecule has 1 amide bonds. The van der Waals surface area contributed by atoms with Crippen molar-refractivity contribution in [1.29, 1.82) is 0 Å². The fraction of sp³-hybridized carbons (Fsp3) is 0.200. The minimum atomic E-state index is -0.498. The second kappa shape index (κ2) is 10.8. The van der Waals surface area contributed by atoms with E-state index >= 15 is 0 Å². The van der Waals surface area contributed by atoms with Crippen LogP contribution in [0.2, 0.25) is 0 Å². The number of anilines is 1. The van der Waals surface area contributed by atoms with Crippen molar-refractivity contribution in [3.8, 4) is 11.5 Å². The Morgan fingerprint density at radius 2 is 1.35 bits per heavy atom. The van der Waals surface area contributed by atoms with Crippen molar-refractivity contribution in [2.75, 3.05) is 19.5 Å². The second-order valence-corrected chi connectivity index (χ2v) is 6.87. The predicted octanol–water partition coefficient (Wildman–Crippen LogP) is 4.63. The molecule has 0 aliphatic rings. The molecule has 0 radical (unpaired) electrons. The van der Waals surface area contributed by atoms with Gasteiger partial charge in [0, 0.05) is 6.42 Å². The summed E-state index contributed by atoms with van der Waals surface area (Å²) in [5, 5.41) is 2.82. The summed E-state index contributed by atoms with van der Waals surface area (Å²) in [5.74, 6) is 0.834. The van der Waals surface area contributed by atoms with Crippen molar-refractivity contribution in [3.05, 3.63) is 89.5 Å². The van der Waals surface area contributed by atoms with Crippen LogP contribution in [-0.4, -0.2) is 26.1 Å². The predicted molar refractivity (Wildman–Crippen MR) is 119 cm³/mol. The first-order valence-corrected chi connectivity index (χ1v) is 9.91. The summed E-state index contributed by atoms with van der Waals surface area (Å²) in [6.45, 7) is 0.128. The second-order valence-electron chi connectivity index (χ2n) is 6.87. The lowest BCUT2D eigenvalue weighted by molar-refractivity contribution is -0.116. The number of carbonyl (C=O) groups excluding carboxylic acids is 2. The molecule has 6 nitrogen and oxygen atoms in total. The van der Waals surface area contributed by atoms with E-state index in [1.54, 1.807) is 50.6 Å². The summed E-state index contributed by atoms with van der Waals surface area (Å²) in [7, 11) is 3.21. The molecule has 6 heteroatoms. The summed E-state index contributed by atoms with van der Waals surface area (Å²) in [6, 6.07) is 21.7. The Bertz CT molecular complexity index is 1010. The van der Waals surface area contributed by atoms with Crippen LogP contribution in [0, 0.1) is 0 Å². The lowest BCUT2D eigenvalue weighted by atomic mass is 10.1. The van der Waals surface area contributed by atoms with Gasteiger partial charge in [0.05, 0.1) is 25.5 Å². The summed E-state index contributed by atoms with van der Waals surface area (Å²) >= 11 is 0. The average Bonchev–Trinajstić information content (AvgIpc) is 2.82. The molecule has 3 rings (SSSR count). The van der Waals surface area contributed by atoms with Gasteiger partial charge < -0.3 is 19.5 Å². The molecule has 1 N–H and O–H groups in total.